The number of rotatable bonds is 7. The lowest BCUT2D eigenvalue weighted by Crippen LogP contribution is -2.60. The fourth-order valence-corrected chi connectivity index (χ4v) is 5.99. The zero-order valence-electron chi connectivity index (χ0n) is 25.6. The Bertz CT molecular complexity index is 1480. The van der Waals surface area contributed by atoms with Crippen LogP contribution in [-0.2, 0) is 36.8 Å². The van der Waals surface area contributed by atoms with Crippen molar-refractivity contribution < 1.29 is 29.1 Å². The smallest absolute Gasteiger partial charge is 0.245 e. The Morgan fingerprint density at radius 1 is 0.933 bits per heavy atom. The molecule has 3 aromatic rings. The van der Waals surface area contributed by atoms with Crippen LogP contribution >= 0.6 is 11.3 Å². The van der Waals surface area contributed by atoms with E-state index in [1.807, 2.05) is 30.3 Å². The van der Waals surface area contributed by atoms with Crippen LogP contribution in [0.1, 0.15) is 37.8 Å². The summed E-state index contributed by atoms with van der Waals surface area (Å²) in [5, 5.41) is 21.9. The van der Waals surface area contributed by atoms with E-state index >= 15 is 0 Å². The molecule has 0 bridgehead atoms. The maximum absolute atomic E-state index is 13.5. The minimum Gasteiger partial charge on any atom is -0.391 e. The SMILES string of the molecule is CC(C)[C@H]1NC(=O)CN(C(=O)CCc2nc3ccccc3s2)CCNC(=O)[C@H]([C@@H](C)O)NC(=O)[C@H](Cc2ccccc2)NC1=O. The molecule has 1 fully saturated rings. The summed E-state index contributed by atoms with van der Waals surface area (Å²) in [6, 6.07) is 13.3. The van der Waals surface area contributed by atoms with Gasteiger partial charge in [-0.15, -0.1) is 11.3 Å². The number of fused-ring (bicyclic) bond motifs is 1. The molecule has 2 aromatic carbocycles. The fourth-order valence-electron chi connectivity index (χ4n) is 5.02. The van der Waals surface area contributed by atoms with Crippen molar-refractivity contribution in [2.24, 2.45) is 5.92 Å². The molecule has 0 unspecified atom stereocenters. The molecule has 4 rings (SSSR count). The lowest BCUT2D eigenvalue weighted by Gasteiger charge is -2.27. The Labute approximate surface area is 266 Å². The summed E-state index contributed by atoms with van der Waals surface area (Å²) in [7, 11) is 0. The Balaban J connectivity index is 1.55. The molecule has 5 N–H and O–H groups in total. The molecular weight excluding hydrogens is 596 g/mol. The molecule has 1 aliphatic rings. The molecule has 13 heteroatoms. The van der Waals surface area contributed by atoms with Gasteiger partial charge in [0.2, 0.25) is 29.5 Å². The number of aryl methyl sites for hydroxylation is 1. The average molecular weight is 637 g/mol. The highest BCUT2D eigenvalue weighted by Crippen LogP contribution is 2.22. The van der Waals surface area contributed by atoms with Gasteiger partial charge in [0.1, 0.15) is 18.1 Å². The Morgan fingerprint density at radius 3 is 2.33 bits per heavy atom. The van der Waals surface area contributed by atoms with E-state index in [1.54, 1.807) is 38.1 Å². The van der Waals surface area contributed by atoms with E-state index in [1.165, 1.54) is 23.2 Å². The summed E-state index contributed by atoms with van der Waals surface area (Å²) in [6.07, 6.45) is -0.681. The number of nitrogens with zero attached hydrogens (tertiary/aromatic N) is 2. The number of thiazole rings is 1. The number of aliphatic hydroxyl groups is 1. The van der Waals surface area contributed by atoms with Crippen molar-refractivity contribution in [3.63, 3.8) is 0 Å². The lowest BCUT2D eigenvalue weighted by molar-refractivity contribution is -0.137. The van der Waals surface area contributed by atoms with Gasteiger partial charge in [-0.1, -0.05) is 56.3 Å². The van der Waals surface area contributed by atoms with E-state index in [4.69, 9.17) is 0 Å². The largest absolute Gasteiger partial charge is 0.391 e. The van der Waals surface area contributed by atoms with E-state index in [9.17, 15) is 29.1 Å². The van der Waals surface area contributed by atoms with Gasteiger partial charge in [-0.25, -0.2) is 4.98 Å². The molecule has 45 heavy (non-hydrogen) atoms. The first-order valence-electron chi connectivity index (χ1n) is 15.0. The van der Waals surface area contributed by atoms with E-state index in [0.29, 0.717) is 6.42 Å². The third-order valence-electron chi connectivity index (χ3n) is 7.50. The van der Waals surface area contributed by atoms with Crippen LogP contribution in [0.25, 0.3) is 10.2 Å². The Kier molecular flexibility index (Phi) is 11.6. The normalized spacial score (nSPS) is 21.3. The number of para-hydroxylation sites is 1. The molecule has 5 amide bonds. The second kappa shape index (κ2) is 15.6. The summed E-state index contributed by atoms with van der Waals surface area (Å²) in [6.45, 7) is 4.52. The van der Waals surface area contributed by atoms with Crippen LogP contribution in [0.2, 0.25) is 0 Å². The summed E-state index contributed by atoms with van der Waals surface area (Å²) >= 11 is 1.50. The molecule has 1 aromatic heterocycles. The molecule has 0 radical (unpaired) electrons. The number of nitrogens with one attached hydrogen (secondary N) is 4. The molecule has 4 atom stereocenters. The van der Waals surface area contributed by atoms with Gasteiger partial charge in [0, 0.05) is 32.4 Å². The molecule has 12 nitrogen and oxygen atoms in total. The highest BCUT2D eigenvalue weighted by molar-refractivity contribution is 7.18. The maximum atomic E-state index is 13.5. The lowest BCUT2D eigenvalue weighted by atomic mass is 10.0. The van der Waals surface area contributed by atoms with Crippen LogP contribution in [0.5, 0.6) is 0 Å². The zero-order valence-corrected chi connectivity index (χ0v) is 26.4. The highest BCUT2D eigenvalue weighted by Gasteiger charge is 2.33. The standard InChI is InChI=1S/C32H40N6O6S/c1-19(2)28-32(44)35-23(17-21-9-5-4-6-10-21)30(42)37-29(20(3)39)31(43)33-15-16-38(18-25(40)36-28)27(41)14-13-26-34-22-11-7-8-12-24(22)45-26/h4-12,19-20,23,28-29,39H,13-18H2,1-3H3,(H,33,43)(H,35,44)(H,36,40)(H,37,42)/t20-,23+,28-,29+/m1/s1. The van der Waals surface area contributed by atoms with Crippen LogP contribution in [0.3, 0.4) is 0 Å². The van der Waals surface area contributed by atoms with E-state index in [2.05, 4.69) is 26.3 Å². The number of hydrogen-bond donors (Lipinski definition) is 5. The van der Waals surface area contributed by atoms with Gasteiger partial charge in [0.25, 0.3) is 0 Å². The van der Waals surface area contributed by atoms with Crippen LogP contribution in [0.15, 0.2) is 54.6 Å². The predicted octanol–water partition coefficient (Wildman–Crippen LogP) is 0.921. The summed E-state index contributed by atoms with van der Waals surface area (Å²) in [5.74, 6) is -3.13. The number of aliphatic hydroxyl groups excluding tert-OH is 1. The summed E-state index contributed by atoms with van der Waals surface area (Å²) in [5.41, 5.74) is 1.61. The maximum Gasteiger partial charge on any atom is 0.245 e. The van der Waals surface area contributed by atoms with Crippen LogP contribution in [0.4, 0.5) is 0 Å². The topological polar surface area (TPSA) is 170 Å². The number of amides is 5. The summed E-state index contributed by atoms with van der Waals surface area (Å²) in [4.78, 5) is 72.5. The van der Waals surface area contributed by atoms with Gasteiger partial charge in [-0.05, 0) is 30.5 Å². The number of hydrogen-bond acceptors (Lipinski definition) is 8. The summed E-state index contributed by atoms with van der Waals surface area (Å²) < 4.78 is 1.01. The number of aromatic nitrogens is 1. The van der Waals surface area contributed by atoms with Gasteiger partial charge in [0.15, 0.2) is 0 Å². The fraction of sp³-hybridized carbons (Fsp3) is 0.438. The molecule has 240 valence electrons. The molecule has 0 saturated carbocycles. The van der Waals surface area contributed by atoms with Gasteiger partial charge in [-0.3, -0.25) is 24.0 Å². The van der Waals surface area contributed by atoms with Gasteiger partial charge < -0.3 is 31.3 Å². The minimum atomic E-state index is -1.32. The molecule has 2 heterocycles. The third kappa shape index (κ3) is 9.32. The average Bonchev–Trinajstić information content (AvgIpc) is 3.43. The zero-order chi connectivity index (χ0) is 32.5. The van der Waals surface area contributed by atoms with Gasteiger partial charge in [-0.2, -0.15) is 0 Å². The van der Waals surface area contributed by atoms with E-state index in [-0.39, 0.29) is 44.3 Å². The van der Waals surface area contributed by atoms with Crippen molar-refractivity contribution in [3.05, 3.63) is 65.2 Å². The second-order valence-corrected chi connectivity index (χ2v) is 12.6. The van der Waals surface area contributed by atoms with Crippen LogP contribution in [0, 0.1) is 5.92 Å². The van der Waals surface area contributed by atoms with Crippen LogP contribution in [-0.4, -0.2) is 88.4 Å². The van der Waals surface area contributed by atoms with Crippen molar-refractivity contribution >= 4 is 51.1 Å². The van der Waals surface area contributed by atoms with Crippen molar-refractivity contribution in [1.82, 2.24) is 31.2 Å². The number of carbonyl (C=O) groups is 5. The first-order chi connectivity index (χ1) is 21.5. The van der Waals surface area contributed by atoms with Crippen molar-refractivity contribution in [2.45, 2.75) is 64.3 Å². The first kappa shape index (κ1) is 33.5. The van der Waals surface area contributed by atoms with Gasteiger partial charge in [0.05, 0.1) is 27.9 Å². The monoisotopic (exact) mass is 636 g/mol. The van der Waals surface area contributed by atoms with Gasteiger partial charge >= 0.3 is 0 Å². The quantitative estimate of drug-likeness (QED) is 0.257. The molecule has 1 aliphatic heterocycles. The number of benzene rings is 2. The van der Waals surface area contributed by atoms with E-state index in [0.717, 1.165) is 20.8 Å². The molecule has 0 aliphatic carbocycles. The predicted molar refractivity (Wildman–Crippen MR) is 170 cm³/mol. The Morgan fingerprint density at radius 2 is 1.64 bits per heavy atom. The second-order valence-electron chi connectivity index (χ2n) is 11.4. The minimum absolute atomic E-state index is 0.00646. The highest BCUT2D eigenvalue weighted by atomic mass is 32.1. The van der Waals surface area contributed by atoms with Crippen LogP contribution < -0.4 is 21.3 Å². The number of carbonyl (C=O) groups excluding carboxylic acids is 5. The molecule has 1 saturated heterocycles. The molecular formula is C32H40N6O6S. The van der Waals surface area contributed by atoms with Crippen molar-refractivity contribution in [1.29, 1.82) is 0 Å². The van der Waals surface area contributed by atoms with Crippen molar-refractivity contribution in [2.75, 3.05) is 19.6 Å². The Hall–Kier alpha value is -4.36. The van der Waals surface area contributed by atoms with E-state index < -0.39 is 47.9 Å². The third-order valence-corrected chi connectivity index (χ3v) is 8.60. The molecule has 0 spiro atoms. The first-order valence-corrected chi connectivity index (χ1v) is 15.9. The van der Waals surface area contributed by atoms with Crippen molar-refractivity contribution in [3.8, 4) is 0 Å².